The molecular weight excluding hydrogens is 341 g/mol. The summed E-state index contributed by atoms with van der Waals surface area (Å²) in [6.07, 6.45) is 5.33. The van der Waals surface area contributed by atoms with E-state index in [1.165, 1.54) is 11.8 Å². The van der Waals surface area contributed by atoms with Crippen LogP contribution in [0.25, 0.3) is 22.1 Å². The molecule has 0 aliphatic rings. The van der Waals surface area contributed by atoms with Gasteiger partial charge in [0.2, 0.25) is 0 Å². The number of thioether (sulfide) groups is 1. The second-order valence-electron chi connectivity index (χ2n) is 4.25. The minimum absolute atomic E-state index is 0.286. The van der Waals surface area contributed by atoms with Crippen molar-refractivity contribution in [3.8, 4) is 0 Å². The highest BCUT2D eigenvalue weighted by molar-refractivity contribution is 7.98. The summed E-state index contributed by atoms with van der Waals surface area (Å²) in [6.45, 7) is 1.87. The second-order valence-corrected chi connectivity index (χ2v) is 5.81. The third-order valence-corrected chi connectivity index (χ3v) is 4.24. The Morgan fingerprint density at radius 1 is 1.41 bits per heavy atom. The van der Waals surface area contributed by atoms with E-state index in [1.807, 2.05) is 31.4 Å². The van der Waals surface area contributed by atoms with Crippen molar-refractivity contribution in [3.05, 3.63) is 56.0 Å². The zero-order chi connectivity index (χ0) is 16.1. The lowest BCUT2D eigenvalue weighted by atomic mass is 10.1. The van der Waals surface area contributed by atoms with Crippen LogP contribution in [-0.2, 0) is 0 Å². The van der Waals surface area contributed by atoms with Crippen LogP contribution in [0, 0.1) is 0 Å². The third kappa shape index (κ3) is 3.72. The maximum Gasteiger partial charge on any atom is 0.187 e. The summed E-state index contributed by atoms with van der Waals surface area (Å²) in [5, 5.41) is 5.12. The first-order valence-corrected chi connectivity index (χ1v) is 8.13. The highest BCUT2D eigenvalue weighted by Crippen LogP contribution is 2.31. The topological polar surface area (TPSA) is 74.5 Å². The predicted octanol–water partition coefficient (Wildman–Crippen LogP) is 6.01. The molecule has 1 heterocycles. The van der Waals surface area contributed by atoms with E-state index in [4.69, 9.17) is 28.7 Å². The lowest BCUT2D eigenvalue weighted by Gasteiger charge is -2.07. The number of hydrogen-bond acceptors (Lipinski definition) is 4. The molecule has 0 bridgehead atoms. The van der Waals surface area contributed by atoms with Crippen LogP contribution >= 0.6 is 35.0 Å². The highest BCUT2D eigenvalue weighted by Gasteiger charge is 2.09. The molecule has 22 heavy (non-hydrogen) atoms. The summed E-state index contributed by atoms with van der Waals surface area (Å²) in [4.78, 5) is 11.2. The minimum atomic E-state index is 0.286. The predicted molar refractivity (Wildman–Crippen MR) is 92.6 cm³/mol. The van der Waals surface area contributed by atoms with Gasteiger partial charge in [0.15, 0.2) is 5.16 Å². The van der Waals surface area contributed by atoms with Gasteiger partial charge in [0.25, 0.3) is 0 Å². The van der Waals surface area contributed by atoms with Crippen LogP contribution in [0.2, 0.25) is 10.0 Å². The van der Waals surface area contributed by atoms with Crippen molar-refractivity contribution in [3.63, 3.8) is 0 Å². The number of aromatic nitrogens is 2. The molecule has 0 saturated carbocycles. The third-order valence-electron chi connectivity index (χ3n) is 2.85. The van der Waals surface area contributed by atoms with E-state index in [-0.39, 0.29) is 5.82 Å². The first kappa shape index (κ1) is 16.6. The molecule has 2 aromatic rings. The molecule has 0 spiro atoms. The Morgan fingerprint density at radius 2 is 2.18 bits per heavy atom. The average molecular weight is 352 g/mol. The standard InChI is InChI=1S/C14H11Cl2N5S/c1-8(6-9-4-3-5-11(15)12(9)16)10-7-18-14(22-2)19-13(10)20-21-17/h3-7H,1-2H3. The summed E-state index contributed by atoms with van der Waals surface area (Å²) in [6, 6.07) is 5.38. The molecule has 0 atom stereocenters. The Balaban J connectivity index is 2.53. The van der Waals surface area contributed by atoms with E-state index >= 15 is 0 Å². The monoisotopic (exact) mass is 351 g/mol. The first-order chi connectivity index (χ1) is 10.6. The van der Waals surface area contributed by atoms with Crippen LogP contribution in [-0.4, -0.2) is 16.2 Å². The Hall–Kier alpha value is -1.72. The van der Waals surface area contributed by atoms with Crippen LogP contribution in [0.1, 0.15) is 18.1 Å². The van der Waals surface area contributed by atoms with E-state index < -0.39 is 0 Å². The Labute approximate surface area is 142 Å². The second kappa shape index (κ2) is 7.51. The van der Waals surface area contributed by atoms with E-state index in [1.54, 1.807) is 12.3 Å². The smallest absolute Gasteiger partial charge is 0.187 e. The normalized spacial score (nSPS) is 11.2. The van der Waals surface area contributed by atoms with Gasteiger partial charge in [-0.3, -0.25) is 0 Å². The van der Waals surface area contributed by atoms with Gasteiger partial charge < -0.3 is 0 Å². The molecule has 1 aromatic heterocycles. The number of nitrogens with zero attached hydrogens (tertiary/aromatic N) is 5. The lowest BCUT2D eigenvalue weighted by molar-refractivity contribution is 0.958. The summed E-state index contributed by atoms with van der Waals surface area (Å²) >= 11 is 13.6. The fraction of sp³-hybridized carbons (Fsp3) is 0.143. The highest BCUT2D eigenvalue weighted by atomic mass is 35.5. The van der Waals surface area contributed by atoms with Crippen molar-refractivity contribution in [2.45, 2.75) is 12.1 Å². The van der Waals surface area contributed by atoms with Gasteiger partial charge >= 0.3 is 0 Å². The van der Waals surface area contributed by atoms with Gasteiger partial charge in [-0.2, -0.15) is 0 Å². The summed E-state index contributed by atoms with van der Waals surface area (Å²) in [5.74, 6) is 0.286. The number of hydrogen-bond donors (Lipinski definition) is 0. The number of allylic oxidation sites excluding steroid dienone is 1. The number of benzene rings is 1. The Morgan fingerprint density at radius 3 is 2.86 bits per heavy atom. The van der Waals surface area contributed by atoms with Gasteiger partial charge in [-0.25, -0.2) is 9.97 Å². The van der Waals surface area contributed by atoms with Crippen molar-refractivity contribution in [2.75, 3.05) is 6.26 Å². The largest absolute Gasteiger partial charge is 0.230 e. The van der Waals surface area contributed by atoms with Gasteiger partial charge in [-0.05, 0) is 47.1 Å². The maximum absolute atomic E-state index is 8.69. The average Bonchev–Trinajstić information content (AvgIpc) is 2.52. The van der Waals surface area contributed by atoms with Crippen LogP contribution in [0.15, 0.2) is 34.7 Å². The van der Waals surface area contributed by atoms with Crippen molar-refractivity contribution >= 4 is 52.4 Å². The van der Waals surface area contributed by atoms with Gasteiger partial charge in [0.05, 0.1) is 10.0 Å². The SMILES string of the molecule is CSc1ncc(C(C)=Cc2cccc(Cl)c2Cl)c(N=[N+]=[N-])n1. The number of rotatable bonds is 4. The van der Waals surface area contributed by atoms with Crippen LogP contribution in [0.5, 0.6) is 0 Å². The lowest BCUT2D eigenvalue weighted by Crippen LogP contribution is -1.91. The summed E-state index contributed by atoms with van der Waals surface area (Å²) < 4.78 is 0. The van der Waals surface area contributed by atoms with E-state index in [2.05, 4.69) is 20.0 Å². The molecule has 5 nitrogen and oxygen atoms in total. The molecule has 112 valence electrons. The molecule has 0 fully saturated rings. The van der Waals surface area contributed by atoms with Crippen molar-refractivity contribution in [2.24, 2.45) is 5.11 Å². The fourth-order valence-corrected chi connectivity index (χ4v) is 2.49. The summed E-state index contributed by atoms with van der Waals surface area (Å²) in [5.41, 5.74) is 10.9. The van der Waals surface area contributed by atoms with Crippen molar-refractivity contribution in [1.82, 2.24) is 9.97 Å². The van der Waals surface area contributed by atoms with Crippen molar-refractivity contribution in [1.29, 1.82) is 0 Å². The first-order valence-electron chi connectivity index (χ1n) is 6.15. The maximum atomic E-state index is 8.69. The van der Waals surface area contributed by atoms with Gasteiger partial charge in [0, 0.05) is 16.7 Å². The van der Waals surface area contributed by atoms with Crippen LogP contribution in [0.4, 0.5) is 5.82 Å². The zero-order valence-corrected chi connectivity index (χ0v) is 14.1. The molecule has 1 aromatic carbocycles. The molecule has 0 aliphatic heterocycles. The van der Waals surface area contributed by atoms with Crippen molar-refractivity contribution < 1.29 is 0 Å². The molecule has 8 heteroatoms. The van der Waals surface area contributed by atoms with Gasteiger partial charge in [-0.15, -0.1) is 0 Å². The molecule has 0 N–H and O–H groups in total. The van der Waals surface area contributed by atoms with Crippen LogP contribution in [0.3, 0.4) is 0 Å². The summed E-state index contributed by atoms with van der Waals surface area (Å²) in [7, 11) is 0. The van der Waals surface area contributed by atoms with E-state index in [0.717, 1.165) is 11.1 Å². The van der Waals surface area contributed by atoms with Gasteiger partial charge in [0.1, 0.15) is 5.82 Å². The quantitative estimate of drug-likeness (QED) is 0.222. The molecule has 0 amide bonds. The minimum Gasteiger partial charge on any atom is -0.230 e. The zero-order valence-electron chi connectivity index (χ0n) is 11.8. The van der Waals surface area contributed by atoms with Crippen LogP contribution < -0.4 is 0 Å². The number of halogens is 2. The van der Waals surface area contributed by atoms with E-state index in [0.29, 0.717) is 20.8 Å². The molecule has 0 saturated heterocycles. The van der Waals surface area contributed by atoms with E-state index in [9.17, 15) is 0 Å². The molecule has 0 radical (unpaired) electrons. The Bertz CT molecular complexity index is 785. The molecular formula is C14H11Cl2N5S. The van der Waals surface area contributed by atoms with Gasteiger partial charge in [-0.1, -0.05) is 47.1 Å². The fourth-order valence-electron chi connectivity index (χ4n) is 1.80. The molecule has 0 unspecified atom stereocenters. The molecule has 2 rings (SSSR count). The molecule has 0 aliphatic carbocycles. The Kier molecular flexibility index (Phi) is 5.69. The number of azide groups is 1.